The normalized spacial score (nSPS) is 28.6. The topological polar surface area (TPSA) is 54.0 Å². The summed E-state index contributed by atoms with van der Waals surface area (Å²) >= 11 is 0. The Kier molecular flexibility index (Phi) is 6.22. The average Bonchev–Trinajstić information content (AvgIpc) is 2.52. The number of nitrogens with one attached hydrogen (secondary N) is 1. The van der Waals surface area contributed by atoms with E-state index in [0.29, 0.717) is 19.3 Å². The summed E-state index contributed by atoms with van der Waals surface area (Å²) in [7, 11) is 1.73. The molecule has 0 aromatic rings. The number of carbonyl (C=O) groups is 1. The molecule has 2 atom stereocenters. The summed E-state index contributed by atoms with van der Waals surface area (Å²) in [5.74, 6) is 0.189. The summed E-state index contributed by atoms with van der Waals surface area (Å²) in [6, 6.07) is 0.277. The molecule has 6 nitrogen and oxygen atoms in total. The lowest BCUT2D eigenvalue weighted by atomic mass is 10.1. The van der Waals surface area contributed by atoms with Gasteiger partial charge in [-0.3, -0.25) is 9.69 Å². The van der Waals surface area contributed by atoms with Gasteiger partial charge in [0.25, 0.3) is 0 Å². The Labute approximate surface area is 121 Å². The fourth-order valence-corrected chi connectivity index (χ4v) is 2.93. The molecule has 2 heterocycles. The molecule has 0 spiro atoms. The summed E-state index contributed by atoms with van der Waals surface area (Å²) in [5.41, 5.74) is 0. The maximum atomic E-state index is 12.5. The zero-order chi connectivity index (χ0) is 14.4. The molecule has 0 radical (unpaired) electrons. The predicted molar refractivity (Wildman–Crippen MR) is 76.7 cm³/mol. The monoisotopic (exact) mass is 285 g/mol. The highest BCUT2D eigenvalue weighted by atomic mass is 16.5. The van der Waals surface area contributed by atoms with E-state index in [9.17, 15) is 4.79 Å². The molecule has 2 aliphatic rings. The molecule has 0 aromatic heterocycles. The van der Waals surface area contributed by atoms with Crippen LogP contribution < -0.4 is 5.32 Å². The van der Waals surface area contributed by atoms with E-state index < -0.39 is 0 Å². The van der Waals surface area contributed by atoms with E-state index in [0.717, 1.165) is 45.8 Å². The van der Waals surface area contributed by atoms with Gasteiger partial charge in [-0.1, -0.05) is 6.92 Å². The number of carbonyl (C=O) groups excluding carboxylic acids is 1. The van der Waals surface area contributed by atoms with Crippen molar-refractivity contribution in [1.29, 1.82) is 0 Å². The zero-order valence-electron chi connectivity index (χ0n) is 12.6. The van der Waals surface area contributed by atoms with E-state index >= 15 is 0 Å². The minimum absolute atomic E-state index is 0.160. The molecule has 2 rings (SSSR count). The lowest BCUT2D eigenvalue weighted by molar-refractivity contribution is -0.139. The Bertz CT molecular complexity index is 308. The van der Waals surface area contributed by atoms with Crippen LogP contribution in [0.2, 0.25) is 0 Å². The number of morpholine rings is 1. The first kappa shape index (κ1) is 15.7. The molecule has 1 amide bonds. The fourth-order valence-electron chi connectivity index (χ4n) is 2.93. The second kappa shape index (κ2) is 7.93. The van der Waals surface area contributed by atoms with Gasteiger partial charge in [0.15, 0.2) is 0 Å². The Hall–Kier alpha value is -0.690. The number of amides is 1. The van der Waals surface area contributed by atoms with Gasteiger partial charge in [-0.2, -0.15) is 0 Å². The van der Waals surface area contributed by atoms with Gasteiger partial charge in [0.2, 0.25) is 5.91 Å². The van der Waals surface area contributed by atoms with Crippen LogP contribution in [0.25, 0.3) is 0 Å². The van der Waals surface area contributed by atoms with Gasteiger partial charge in [-0.05, 0) is 6.42 Å². The molecule has 2 aliphatic heterocycles. The molecule has 20 heavy (non-hydrogen) atoms. The lowest BCUT2D eigenvalue weighted by Crippen LogP contribution is -2.60. The van der Waals surface area contributed by atoms with Crippen LogP contribution in [-0.2, 0) is 14.3 Å². The molecule has 1 N–H and O–H groups in total. The number of hydrogen-bond acceptors (Lipinski definition) is 5. The third-order valence-electron chi connectivity index (χ3n) is 4.19. The van der Waals surface area contributed by atoms with E-state index in [1.165, 1.54) is 0 Å². The molecule has 0 saturated carbocycles. The van der Waals surface area contributed by atoms with Crippen LogP contribution in [0.1, 0.15) is 13.3 Å². The first-order chi connectivity index (χ1) is 9.76. The molecule has 0 bridgehead atoms. The number of methoxy groups -OCH3 is 1. The Morgan fingerprint density at radius 1 is 1.45 bits per heavy atom. The fraction of sp³-hybridized carbons (Fsp3) is 0.929. The van der Waals surface area contributed by atoms with Crippen molar-refractivity contribution in [3.63, 3.8) is 0 Å². The third kappa shape index (κ3) is 3.91. The van der Waals surface area contributed by atoms with E-state index in [4.69, 9.17) is 9.47 Å². The number of piperazine rings is 1. The van der Waals surface area contributed by atoms with Crippen molar-refractivity contribution < 1.29 is 14.3 Å². The summed E-state index contributed by atoms with van der Waals surface area (Å²) in [6.45, 7) is 8.40. The molecule has 6 heteroatoms. The first-order valence-electron chi connectivity index (χ1n) is 7.59. The molecular weight excluding hydrogens is 258 g/mol. The maximum absolute atomic E-state index is 12.5. The summed E-state index contributed by atoms with van der Waals surface area (Å²) in [6.07, 6.45) is 1.06. The SMILES string of the molecule is CCC1CN(C(=O)C2COCCN2)CCN1CCOC. The van der Waals surface area contributed by atoms with Gasteiger partial charge in [-0.15, -0.1) is 0 Å². The van der Waals surface area contributed by atoms with Crippen molar-refractivity contribution in [2.75, 3.05) is 59.7 Å². The van der Waals surface area contributed by atoms with Crippen LogP contribution in [0, 0.1) is 0 Å². The zero-order valence-corrected chi connectivity index (χ0v) is 12.6. The minimum Gasteiger partial charge on any atom is -0.383 e. The number of hydrogen-bond donors (Lipinski definition) is 1. The molecule has 2 unspecified atom stereocenters. The second-order valence-corrected chi connectivity index (χ2v) is 5.46. The van der Waals surface area contributed by atoms with Crippen LogP contribution in [0.3, 0.4) is 0 Å². The van der Waals surface area contributed by atoms with Crippen molar-refractivity contribution >= 4 is 5.91 Å². The molecule has 2 fully saturated rings. The highest BCUT2D eigenvalue weighted by molar-refractivity contribution is 5.82. The van der Waals surface area contributed by atoms with Gasteiger partial charge in [0, 0.05) is 45.9 Å². The average molecular weight is 285 g/mol. The van der Waals surface area contributed by atoms with Gasteiger partial charge in [0.1, 0.15) is 6.04 Å². The van der Waals surface area contributed by atoms with Crippen molar-refractivity contribution in [3.8, 4) is 0 Å². The molecule has 2 saturated heterocycles. The van der Waals surface area contributed by atoms with Crippen LogP contribution in [0.5, 0.6) is 0 Å². The Balaban J connectivity index is 1.86. The Morgan fingerprint density at radius 3 is 2.95 bits per heavy atom. The predicted octanol–water partition coefficient (Wildman–Crippen LogP) is -0.456. The van der Waals surface area contributed by atoms with Crippen molar-refractivity contribution in [3.05, 3.63) is 0 Å². The lowest BCUT2D eigenvalue weighted by Gasteiger charge is -2.42. The largest absolute Gasteiger partial charge is 0.383 e. The molecular formula is C14H27N3O3. The van der Waals surface area contributed by atoms with Gasteiger partial charge in [-0.25, -0.2) is 0 Å². The first-order valence-corrected chi connectivity index (χ1v) is 7.59. The van der Waals surface area contributed by atoms with Crippen LogP contribution in [0.4, 0.5) is 0 Å². The quantitative estimate of drug-likeness (QED) is 0.741. The smallest absolute Gasteiger partial charge is 0.242 e. The molecule has 116 valence electrons. The van der Waals surface area contributed by atoms with Crippen LogP contribution in [-0.4, -0.2) is 87.4 Å². The van der Waals surface area contributed by atoms with E-state index in [1.54, 1.807) is 7.11 Å². The maximum Gasteiger partial charge on any atom is 0.242 e. The molecule has 0 aliphatic carbocycles. The van der Waals surface area contributed by atoms with Crippen molar-refractivity contribution in [1.82, 2.24) is 15.1 Å². The highest BCUT2D eigenvalue weighted by Gasteiger charge is 2.32. The van der Waals surface area contributed by atoms with Crippen molar-refractivity contribution in [2.45, 2.75) is 25.4 Å². The van der Waals surface area contributed by atoms with Gasteiger partial charge in [0.05, 0.1) is 19.8 Å². The third-order valence-corrected chi connectivity index (χ3v) is 4.19. The van der Waals surface area contributed by atoms with E-state index in [1.807, 2.05) is 4.90 Å². The highest BCUT2D eigenvalue weighted by Crippen LogP contribution is 2.14. The molecule has 0 aromatic carbocycles. The van der Waals surface area contributed by atoms with E-state index in [-0.39, 0.29) is 11.9 Å². The van der Waals surface area contributed by atoms with E-state index in [2.05, 4.69) is 17.1 Å². The Morgan fingerprint density at radius 2 is 2.30 bits per heavy atom. The number of ether oxygens (including phenoxy) is 2. The summed E-state index contributed by atoms with van der Waals surface area (Å²) in [4.78, 5) is 16.9. The summed E-state index contributed by atoms with van der Waals surface area (Å²) in [5, 5.41) is 3.24. The van der Waals surface area contributed by atoms with Crippen LogP contribution in [0.15, 0.2) is 0 Å². The van der Waals surface area contributed by atoms with Gasteiger partial charge < -0.3 is 19.7 Å². The standard InChI is InChI=1S/C14H27N3O3/c1-3-12-10-17(6-5-16(12)7-9-19-2)14(18)13-11-20-8-4-15-13/h12-13,15H,3-11H2,1-2H3. The van der Waals surface area contributed by atoms with Crippen LogP contribution >= 0.6 is 0 Å². The second-order valence-electron chi connectivity index (χ2n) is 5.46. The minimum atomic E-state index is -0.160. The number of rotatable bonds is 5. The summed E-state index contributed by atoms with van der Waals surface area (Å²) < 4.78 is 10.5. The van der Waals surface area contributed by atoms with Crippen molar-refractivity contribution in [2.24, 2.45) is 0 Å². The van der Waals surface area contributed by atoms with Gasteiger partial charge >= 0.3 is 0 Å². The number of nitrogens with zero attached hydrogens (tertiary/aromatic N) is 2.